The molecule has 0 fully saturated rings. The molecule has 29 heavy (non-hydrogen) atoms. The van der Waals surface area contributed by atoms with Crippen LogP contribution in [-0.4, -0.2) is 17.5 Å². The zero-order valence-corrected chi connectivity index (χ0v) is 16.8. The van der Waals surface area contributed by atoms with E-state index in [0.717, 1.165) is 17.7 Å². The summed E-state index contributed by atoms with van der Waals surface area (Å²) in [5.74, 6) is -0.329. The Morgan fingerprint density at radius 1 is 1.24 bits per heavy atom. The average molecular weight is 441 g/mol. The van der Waals surface area contributed by atoms with Gasteiger partial charge in [-0.25, -0.2) is 4.98 Å². The number of hydrogen-bond donors (Lipinski definition) is 1. The van der Waals surface area contributed by atoms with Crippen molar-refractivity contribution < 1.29 is 22.7 Å². The fourth-order valence-electron chi connectivity index (χ4n) is 2.59. The van der Waals surface area contributed by atoms with Gasteiger partial charge in [-0.05, 0) is 31.2 Å². The first-order valence-corrected chi connectivity index (χ1v) is 9.87. The van der Waals surface area contributed by atoms with Crippen LogP contribution in [0.4, 0.5) is 18.9 Å². The van der Waals surface area contributed by atoms with Gasteiger partial charge in [-0.2, -0.15) is 13.2 Å². The SMILES string of the molecule is CCOc1ccc(C(F)(F)F)cc1NC(=O)Cc1csc(-c2ccccc2Cl)n1. The summed E-state index contributed by atoms with van der Waals surface area (Å²) in [7, 11) is 0. The Bertz CT molecular complexity index is 1020. The first-order valence-electron chi connectivity index (χ1n) is 8.61. The molecule has 1 heterocycles. The number of nitrogens with zero attached hydrogens (tertiary/aromatic N) is 1. The molecule has 3 aromatic rings. The van der Waals surface area contributed by atoms with E-state index in [1.807, 2.05) is 12.1 Å². The largest absolute Gasteiger partial charge is 0.492 e. The first-order chi connectivity index (χ1) is 13.8. The van der Waals surface area contributed by atoms with Crippen LogP contribution in [0, 0.1) is 0 Å². The molecule has 0 spiro atoms. The third-order valence-electron chi connectivity index (χ3n) is 3.88. The Balaban J connectivity index is 1.76. The summed E-state index contributed by atoms with van der Waals surface area (Å²) in [4.78, 5) is 16.8. The van der Waals surface area contributed by atoms with Crippen LogP contribution in [0.2, 0.25) is 5.02 Å². The maximum atomic E-state index is 13.0. The quantitative estimate of drug-likeness (QED) is 0.506. The number of anilines is 1. The van der Waals surface area contributed by atoms with E-state index >= 15 is 0 Å². The monoisotopic (exact) mass is 440 g/mol. The lowest BCUT2D eigenvalue weighted by molar-refractivity contribution is -0.137. The molecule has 0 atom stereocenters. The summed E-state index contributed by atoms with van der Waals surface area (Å²) < 4.78 is 44.3. The third-order valence-corrected chi connectivity index (χ3v) is 5.13. The molecule has 4 nitrogen and oxygen atoms in total. The van der Waals surface area contributed by atoms with Crippen molar-refractivity contribution in [2.24, 2.45) is 0 Å². The summed E-state index contributed by atoms with van der Waals surface area (Å²) in [6, 6.07) is 10.2. The van der Waals surface area contributed by atoms with E-state index in [1.54, 1.807) is 24.4 Å². The van der Waals surface area contributed by atoms with Gasteiger partial charge in [-0.3, -0.25) is 4.79 Å². The van der Waals surface area contributed by atoms with Crippen LogP contribution in [0.5, 0.6) is 5.75 Å². The Labute approximate surface area is 174 Å². The van der Waals surface area contributed by atoms with Crippen molar-refractivity contribution in [3.8, 4) is 16.3 Å². The zero-order valence-electron chi connectivity index (χ0n) is 15.2. The van der Waals surface area contributed by atoms with E-state index in [9.17, 15) is 18.0 Å². The fraction of sp³-hybridized carbons (Fsp3) is 0.200. The smallest absolute Gasteiger partial charge is 0.416 e. The van der Waals surface area contributed by atoms with Crippen LogP contribution in [0.3, 0.4) is 0 Å². The lowest BCUT2D eigenvalue weighted by Crippen LogP contribution is -2.16. The van der Waals surface area contributed by atoms with Gasteiger partial charge in [0, 0.05) is 10.9 Å². The van der Waals surface area contributed by atoms with Crippen molar-refractivity contribution in [3.05, 3.63) is 64.1 Å². The Kier molecular flexibility index (Phi) is 6.44. The third kappa shape index (κ3) is 5.27. The number of halogens is 4. The number of aromatic nitrogens is 1. The number of thiazole rings is 1. The standard InChI is InChI=1S/C20H16ClF3N2O2S/c1-2-28-17-8-7-12(20(22,23)24)9-16(17)26-18(27)10-13-11-29-19(25-13)14-5-3-4-6-15(14)21/h3-9,11H,2,10H2,1H3,(H,26,27). The van der Waals surface area contributed by atoms with Gasteiger partial charge in [-0.15, -0.1) is 11.3 Å². The normalized spacial score (nSPS) is 11.3. The second-order valence-electron chi connectivity index (χ2n) is 5.99. The van der Waals surface area contributed by atoms with E-state index < -0.39 is 17.6 Å². The molecule has 0 unspecified atom stereocenters. The van der Waals surface area contributed by atoms with Gasteiger partial charge in [0.1, 0.15) is 10.8 Å². The van der Waals surface area contributed by atoms with E-state index in [-0.39, 0.29) is 24.5 Å². The summed E-state index contributed by atoms with van der Waals surface area (Å²) in [5.41, 5.74) is 0.342. The highest BCUT2D eigenvalue weighted by atomic mass is 35.5. The minimum absolute atomic E-state index is 0.0340. The molecule has 3 rings (SSSR count). The Hall–Kier alpha value is -2.58. The number of rotatable bonds is 6. The number of nitrogens with one attached hydrogen (secondary N) is 1. The van der Waals surface area contributed by atoms with Gasteiger partial charge in [0.15, 0.2) is 0 Å². The lowest BCUT2D eigenvalue weighted by Gasteiger charge is -2.14. The van der Waals surface area contributed by atoms with E-state index in [2.05, 4.69) is 10.3 Å². The molecule has 9 heteroatoms. The highest BCUT2D eigenvalue weighted by molar-refractivity contribution is 7.13. The van der Waals surface area contributed by atoms with Gasteiger partial charge in [0.05, 0.1) is 35.0 Å². The number of hydrogen-bond acceptors (Lipinski definition) is 4. The lowest BCUT2D eigenvalue weighted by atomic mass is 10.1. The van der Waals surface area contributed by atoms with Crippen molar-refractivity contribution in [2.45, 2.75) is 19.5 Å². The number of alkyl halides is 3. The van der Waals surface area contributed by atoms with Crippen LogP contribution >= 0.6 is 22.9 Å². The maximum Gasteiger partial charge on any atom is 0.416 e. The van der Waals surface area contributed by atoms with E-state index in [0.29, 0.717) is 15.7 Å². The minimum atomic E-state index is -4.52. The second-order valence-corrected chi connectivity index (χ2v) is 7.26. The van der Waals surface area contributed by atoms with Crippen molar-refractivity contribution in [3.63, 3.8) is 0 Å². The van der Waals surface area contributed by atoms with Crippen LogP contribution in [0.25, 0.3) is 10.6 Å². The van der Waals surface area contributed by atoms with Crippen molar-refractivity contribution in [1.29, 1.82) is 0 Å². The molecule has 0 saturated heterocycles. The summed E-state index contributed by atoms with van der Waals surface area (Å²) in [5, 5.41) is 5.41. The molecular weight excluding hydrogens is 425 g/mol. The number of benzene rings is 2. The summed E-state index contributed by atoms with van der Waals surface area (Å²) >= 11 is 7.49. The predicted octanol–water partition coefficient (Wildman–Crippen LogP) is 6.06. The van der Waals surface area contributed by atoms with Crippen LogP contribution < -0.4 is 10.1 Å². The van der Waals surface area contributed by atoms with Crippen molar-refractivity contribution in [2.75, 3.05) is 11.9 Å². The molecule has 0 aliphatic rings. The molecule has 1 amide bonds. The van der Waals surface area contributed by atoms with E-state index in [4.69, 9.17) is 16.3 Å². The Morgan fingerprint density at radius 3 is 2.69 bits per heavy atom. The number of carbonyl (C=O) groups excluding carboxylic acids is 1. The van der Waals surface area contributed by atoms with Crippen LogP contribution in [-0.2, 0) is 17.4 Å². The molecule has 0 aliphatic carbocycles. The second kappa shape index (κ2) is 8.84. The van der Waals surface area contributed by atoms with Crippen LogP contribution in [0.15, 0.2) is 47.8 Å². The van der Waals surface area contributed by atoms with Gasteiger partial charge in [0.25, 0.3) is 0 Å². The van der Waals surface area contributed by atoms with Crippen LogP contribution in [0.1, 0.15) is 18.2 Å². The minimum Gasteiger partial charge on any atom is -0.492 e. The molecule has 0 aliphatic heterocycles. The molecule has 152 valence electrons. The van der Waals surface area contributed by atoms with Gasteiger partial charge >= 0.3 is 6.18 Å². The van der Waals surface area contributed by atoms with Gasteiger partial charge in [0.2, 0.25) is 5.91 Å². The Morgan fingerprint density at radius 2 is 2.00 bits per heavy atom. The van der Waals surface area contributed by atoms with Crippen molar-refractivity contribution >= 4 is 34.5 Å². The zero-order chi connectivity index (χ0) is 21.0. The predicted molar refractivity (Wildman–Crippen MR) is 108 cm³/mol. The number of amides is 1. The van der Waals surface area contributed by atoms with Gasteiger partial charge < -0.3 is 10.1 Å². The van der Waals surface area contributed by atoms with Crippen molar-refractivity contribution in [1.82, 2.24) is 4.98 Å². The molecule has 1 aromatic heterocycles. The highest BCUT2D eigenvalue weighted by Crippen LogP contribution is 2.35. The molecule has 2 aromatic carbocycles. The molecule has 0 saturated carbocycles. The first kappa shape index (κ1) is 21.1. The molecule has 0 radical (unpaired) electrons. The maximum absolute atomic E-state index is 13.0. The molecule has 1 N–H and O–H groups in total. The molecule has 0 bridgehead atoms. The summed E-state index contributed by atoms with van der Waals surface area (Å²) in [6.07, 6.45) is -4.62. The number of carbonyl (C=O) groups is 1. The highest BCUT2D eigenvalue weighted by Gasteiger charge is 2.31. The summed E-state index contributed by atoms with van der Waals surface area (Å²) in [6.45, 7) is 1.95. The average Bonchev–Trinajstić information content (AvgIpc) is 3.11. The number of ether oxygens (including phenoxy) is 1. The topological polar surface area (TPSA) is 51.2 Å². The van der Waals surface area contributed by atoms with E-state index in [1.165, 1.54) is 17.4 Å². The van der Waals surface area contributed by atoms with Gasteiger partial charge in [-0.1, -0.05) is 29.8 Å². The molecular formula is C20H16ClF3N2O2S. The fourth-order valence-corrected chi connectivity index (χ4v) is 3.73.